The molecule has 3 rings (SSSR count). The third kappa shape index (κ3) is 6.51. The Morgan fingerprint density at radius 3 is 1.87 bits per heavy atom. The predicted molar refractivity (Wildman–Crippen MR) is 123 cm³/mol. The molecule has 1 fully saturated rings. The number of amides is 1. The molecule has 5 heteroatoms. The van der Waals surface area contributed by atoms with Gasteiger partial charge in [0.1, 0.15) is 0 Å². The molecule has 0 unspecified atom stereocenters. The Labute approximate surface area is 180 Å². The lowest BCUT2D eigenvalue weighted by atomic mass is 9.91. The van der Waals surface area contributed by atoms with Gasteiger partial charge in [-0.25, -0.2) is 5.43 Å². The summed E-state index contributed by atoms with van der Waals surface area (Å²) in [5.74, 6) is -0.167. The molecule has 0 aliphatic carbocycles. The summed E-state index contributed by atoms with van der Waals surface area (Å²) in [6, 6.07) is 18.5. The summed E-state index contributed by atoms with van der Waals surface area (Å²) >= 11 is 0. The zero-order valence-corrected chi connectivity index (χ0v) is 18.7. The van der Waals surface area contributed by atoms with Crippen LogP contribution >= 0.6 is 0 Å². The molecule has 1 aliphatic heterocycles. The van der Waals surface area contributed by atoms with Crippen LogP contribution in [0.1, 0.15) is 49.2 Å². The van der Waals surface area contributed by atoms with Gasteiger partial charge in [-0.1, -0.05) is 63.2 Å². The molecule has 0 spiro atoms. The zero-order chi connectivity index (χ0) is 21.6. The Kier molecular flexibility index (Phi) is 7.40. The van der Waals surface area contributed by atoms with Crippen molar-refractivity contribution in [3.8, 4) is 0 Å². The van der Waals surface area contributed by atoms with Gasteiger partial charge in [0.2, 0.25) is 0 Å². The van der Waals surface area contributed by atoms with E-state index in [-0.39, 0.29) is 11.3 Å². The van der Waals surface area contributed by atoms with Crippen LogP contribution in [0.15, 0.2) is 59.7 Å². The summed E-state index contributed by atoms with van der Waals surface area (Å²) in [6.45, 7) is 14.4. The standard InChI is InChI=1S/C25H34N4O/c1-20(25(2,3)4)26-27-24(30)23-12-10-22(11-13-23)19-29-16-14-28(15-17-29)18-21-8-6-5-7-9-21/h5-13H,14-19H2,1-4H3,(H,27,30)/b26-20-. The van der Waals surface area contributed by atoms with Gasteiger partial charge in [0, 0.05) is 56.0 Å². The van der Waals surface area contributed by atoms with Crippen LogP contribution in [0.3, 0.4) is 0 Å². The van der Waals surface area contributed by atoms with Gasteiger partial charge in [0.25, 0.3) is 5.91 Å². The van der Waals surface area contributed by atoms with Gasteiger partial charge >= 0.3 is 0 Å². The van der Waals surface area contributed by atoms with E-state index in [4.69, 9.17) is 0 Å². The summed E-state index contributed by atoms with van der Waals surface area (Å²) in [6.07, 6.45) is 0. The molecule has 0 atom stereocenters. The van der Waals surface area contributed by atoms with Crippen molar-refractivity contribution >= 4 is 11.6 Å². The van der Waals surface area contributed by atoms with Crippen molar-refractivity contribution in [1.82, 2.24) is 15.2 Å². The highest BCUT2D eigenvalue weighted by Crippen LogP contribution is 2.15. The SMILES string of the molecule is C/C(=N/NC(=O)c1ccc(CN2CCN(Cc3ccccc3)CC2)cc1)C(C)(C)C. The Hall–Kier alpha value is -2.50. The third-order valence-corrected chi connectivity index (χ3v) is 5.75. The molecular formula is C25H34N4O. The lowest BCUT2D eigenvalue weighted by Crippen LogP contribution is -2.45. The van der Waals surface area contributed by atoms with E-state index < -0.39 is 0 Å². The maximum Gasteiger partial charge on any atom is 0.271 e. The summed E-state index contributed by atoms with van der Waals surface area (Å²) in [4.78, 5) is 17.3. The van der Waals surface area contributed by atoms with E-state index in [2.05, 4.69) is 71.4 Å². The lowest BCUT2D eigenvalue weighted by molar-refractivity contribution is 0.0954. The number of piperazine rings is 1. The zero-order valence-electron chi connectivity index (χ0n) is 18.7. The molecular weight excluding hydrogens is 372 g/mol. The second-order valence-electron chi connectivity index (χ2n) is 9.12. The van der Waals surface area contributed by atoms with Crippen LogP contribution in [-0.4, -0.2) is 47.6 Å². The van der Waals surface area contributed by atoms with E-state index in [1.165, 1.54) is 11.1 Å². The van der Waals surface area contributed by atoms with Crippen LogP contribution in [0.4, 0.5) is 0 Å². The Morgan fingerprint density at radius 2 is 1.37 bits per heavy atom. The number of hydrogen-bond acceptors (Lipinski definition) is 4. The second-order valence-corrected chi connectivity index (χ2v) is 9.12. The van der Waals surface area contributed by atoms with Crippen molar-refractivity contribution < 1.29 is 4.79 Å². The van der Waals surface area contributed by atoms with Gasteiger partial charge in [0.05, 0.1) is 0 Å². The Bertz CT molecular complexity index is 845. The molecule has 1 amide bonds. The molecule has 0 bridgehead atoms. The summed E-state index contributed by atoms with van der Waals surface area (Å²) in [5, 5.41) is 4.23. The normalized spacial score (nSPS) is 16.5. The first-order chi connectivity index (χ1) is 14.3. The molecule has 1 N–H and O–H groups in total. The number of nitrogens with zero attached hydrogens (tertiary/aromatic N) is 3. The number of benzene rings is 2. The van der Waals surface area contributed by atoms with E-state index >= 15 is 0 Å². The molecule has 1 aliphatic rings. The maximum atomic E-state index is 12.3. The van der Waals surface area contributed by atoms with Gasteiger partial charge in [0.15, 0.2) is 0 Å². The van der Waals surface area contributed by atoms with E-state index in [9.17, 15) is 4.79 Å². The van der Waals surface area contributed by atoms with Crippen LogP contribution < -0.4 is 5.43 Å². The van der Waals surface area contributed by atoms with Gasteiger partial charge in [-0.05, 0) is 30.2 Å². The second kappa shape index (κ2) is 10.0. The minimum Gasteiger partial charge on any atom is -0.297 e. The highest BCUT2D eigenvalue weighted by molar-refractivity contribution is 5.95. The van der Waals surface area contributed by atoms with Crippen LogP contribution in [-0.2, 0) is 13.1 Å². The van der Waals surface area contributed by atoms with Crippen molar-refractivity contribution in [3.63, 3.8) is 0 Å². The van der Waals surface area contributed by atoms with Crippen molar-refractivity contribution in [1.29, 1.82) is 0 Å². The fourth-order valence-corrected chi connectivity index (χ4v) is 3.33. The number of hydrazone groups is 1. The molecule has 2 aromatic rings. The molecule has 0 aromatic heterocycles. The fourth-order valence-electron chi connectivity index (χ4n) is 3.33. The van der Waals surface area contributed by atoms with E-state index in [0.717, 1.165) is 45.0 Å². The Balaban J connectivity index is 1.46. The molecule has 160 valence electrons. The largest absolute Gasteiger partial charge is 0.297 e. The van der Waals surface area contributed by atoms with Crippen molar-refractivity contribution in [2.24, 2.45) is 10.5 Å². The molecule has 2 aromatic carbocycles. The topological polar surface area (TPSA) is 47.9 Å². The number of rotatable bonds is 6. The predicted octanol–water partition coefficient (Wildman–Crippen LogP) is 4.16. The number of carbonyl (C=O) groups excluding carboxylic acids is 1. The van der Waals surface area contributed by atoms with Crippen LogP contribution in [0.25, 0.3) is 0 Å². The van der Waals surface area contributed by atoms with Gasteiger partial charge in [-0.15, -0.1) is 0 Å². The van der Waals surface area contributed by atoms with Crippen molar-refractivity contribution in [3.05, 3.63) is 71.3 Å². The first kappa shape index (κ1) is 22.2. The monoisotopic (exact) mass is 406 g/mol. The van der Waals surface area contributed by atoms with E-state index in [1.54, 1.807) is 0 Å². The molecule has 0 radical (unpaired) electrons. The molecule has 1 heterocycles. The van der Waals surface area contributed by atoms with Gasteiger partial charge < -0.3 is 0 Å². The summed E-state index contributed by atoms with van der Waals surface area (Å²) in [5.41, 5.74) is 6.76. The minimum atomic E-state index is -0.167. The number of nitrogens with one attached hydrogen (secondary N) is 1. The fraction of sp³-hybridized carbons (Fsp3) is 0.440. The molecule has 5 nitrogen and oxygen atoms in total. The Morgan fingerprint density at radius 1 is 0.867 bits per heavy atom. The quantitative estimate of drug-likeness (QED) is 0.579. The van der Waals surface area contributed by atoms with Crippen LogP contribution in [0.5, 0.6) is 0 Å². The average molecular weight is 407 g/mol. The highest BCUT2D eigenvalue weighted by Gasteiger charge is 2.18. The highest BCUT2D eigenvalue weighted by atomic mass is 16.2. The number of hydrogen-bond donors (Lipinski definition) is 1. The van der Waals surface area contributed by atoms with Gasteiger partial charge in [-0.3, -0.25) is 14.6 Å². The van der Waals surface area contributed by atoms with Crippen molar-refractivity contribution in [2.75, 3.05) is 26.2 Å². The molecule has 30 heavy (non-hydrogen) atoms. The first-order valence-corrected chi connectivity index (χ1v) is 10.7. The summed E-state index contributed by atoms with van der Waals surface area (Å²) in [7, 11) is 0. The van der Waals surface area contributed by atoms with Crippen LogP contribution in [0.2, 0.25) is 0 Å². The van der Waals surface area contributed by atoms with E-state index in [0.29, 0.717) is 5.56 Å². The average Bonchev–Trinajstić information content (AvgIpc) is 2.74. The minimum absolute atomic E-state index is 0.0533. The smallest absolute Gasteiger partial charge is 0.271 e. The van der Waals surface area contributed by atoms with E-state index in [1.807, 2.05) is 31.2 Å². The molecule has 1 saturated heterocycles. The van der Waals surface area contributed by atoms with Gasteiger partial charge in [-0.2, -0.15) is 5.10 Å². The van der Waals surface area contributed by atoms with Crippen LogP contribution in [0, 0.1) is 5.41 Å². The number of carbonyl (C=O) groups is 1. The first-order valence-electron chi connectivity index (χ1n) is 10.7. The summed E-state index contributed by atoms with van der Waals surface area (Å²) < 4.78 is 0. The third-order valence-electron chi connectivity index (χ3n) is 5.75. The maximum absolute atomic E-state index is 12.3. The lowest BCUT2D eigenvalue weighted by Gasteiger charge is -2.34. The van der Waals surface area contributed by atoms with Crippen molar-refractivity contribution in [2.45, 2.75) is 40.8 Å². The molecule has 0 saturated carbocycles.